The molecule has 1 aliphatic rings. The van der Waals surface area contributed by atoms with Crippen molar-refractivity contribution in [3.8, 4) is 17.0 Å². The Bertz CT molecular complexity index is 1260. The van der Waals surface area contributed by atoms with Gasteiger partial charge < -0.3 is 10.5 Å². The second-order valence-corrected chi connectivity index (χ2v) is 9.43. The second kappa shape index (κ2) is 8.28. The van der Waals surface area contributed by atoms with E-state index in [1.54, 1.807) is 7.11 Å². The summed E-state index contributed by atoms with van der Waals surface area (Å²) in [6.45, 7) is 0. The number of thiazole rings is 1. The molecule has 8 heteroatoms. The molecule has 158 valence electrons. The van der Waals surface area contributed by atoms with Gasteiger partial charge >= 0.3 is 0 Å². The predicted octanol–water partition coefficient (Wildman–Crippen LogP) is 5.53. The molecular formula is C23H22N4O2S2. The highest BCUT2D eigenvalue weighted by molar-refractivity contribution is 7.21. The number of carbonyl (C=O) groups is 1. The Balaban J connectivity index is 1.39. The van der Waals surface area contributed by atoms with E-state index in [-0.39, 0.29) is 5.91 Å². The number of ether oxygens (including phenoxy) is 1. The zero-order valence-corrected chi connectivity index (χ0v) is 18.7. The average molecular weight is 451 g/mol. The molecule has 0 atom stereocenters. The standard InChI is InChI=1S/C23H22N4O2S2/c1-29-15-9-7-13(8-10-15)18-12-30-23(26-18)27-21(28)20-19(24)16-11-14-5-3-2-4-6-17(14)25-22(16)31-20/h7-12H,2-6,24H2,1H3,(H,26,27,28). The van der Waals surface area contributed by atoms with Crippen molar-refractivity contribution in [2.45, 2.75) is 32.1 Å². The number of aromatic nitrogens is 2. The molecule has 6 nitrogen and oxygen atoms in total. The van der Waals surface area contributed by atoms with E-state index in [0.717, 1.165) is 45.8 Å². The van der Waals surface area contributed by atoms with E-state index < -0.39 is 0 Å². The van der Waals surface area contributed by atoms with Gasteiger partial charge in [0.2, 0.25) is 0 Å². The van der Waals surface area contributed by atoms with Crippen LogP contribution in [0.4, 0.5) is 10.8 Å². The van der Waals surface area contributed by atoms with Gasteiger partial charge in [-0.2, -0.15) is 0 Å². The van der Waals surface area contributed by atoms with Crippen molar-refractivity contribution in [1.82, 2.24) is 9.97 Å². The van der Waals surface area contributed by atoms with E-state index in [1.807, 2.05) is 29.6 Å². The minimum Gasteiger partial charge on any atom is -0.497 e. The molecule has 0 spiro atoms. The molecule has 0 saturated carbocycles. The molecule has 0 fully saturated rings. The summed E-state index contributed by atoms with van der Waals surface area (Å²) in [5, 5.41) is 6.24. The van der Waals surface area contributed by atoms with E-state index in [9.17, 15) is 4.79 Å². The predicted molar refractivity (Wildman–Crippen MR) is 127 cm³/mol. The van der Waals surface area contributed by atoms with Gasteiger partial charge in [-0.3, -0.25) is 10.1 Å². The van der Waals surface area contributed by atoms with Crippen LogP contribution in [-0.4, -0.2) is 23.0 Å². The number of nitrogen functional groups attached to an aromatic ring is 1. The van der Waals surface area contributed by atoms with Gasteiger partial charge in [-0.25, -0.2) is 9.97 Å². The summed E-state index contributed by atoms with van der Waals surface area (Å²) < 4.78 is 5.20. The first-order chi connectivity index (χ1) is 15.1. The first-order valence-electron chi connectivity index (χ1n) is 10.2. The zero-order valence-electron chi connectivity index (χ0n) is 17.1. The number of benzene rings is 1. The van der Waals surface area contributed by atoms with E-state index in [2.05, 4.69) is 16.4 Å². The van der Waals surface area contributed by atoms with Crippen molar-refractivity contribution in [3.05, 3.63) is 51.8 Å². The molecule has 5 rings (SSSR count). The van der Waals surface area contributed by atoms with Crippen molar-refractivity contribution in [3.63, 3.8) is 0 Å². The van der Waals surface area contributed by atoms with E-state index in [4.69, 9.17) is 15.5 Å². The lowest BCUT2D eigenvalue weighted by Crippen LogP contribution is -2.11. The molecule has 1 aliphatic carbocycles. The fraction of sp³-hybridized carbons (Fsp3) is 0.261. The van der Waals surface area contributed by atoms with Crippen molar-refractivity contribution in [1.29, 1.82) is 0 Å². The SMILES string of the molecule is COc1ccc(-c2csc(NC(=O)c3sc4nc5c(cc4c3N)CCCCC5)n2)cc1. The third kappa shape index (κ3) is 3.88. The van der Waals surface area contributed by atoms with Crippen LogP contribution in [0.1, 0.15) is 40.2 Å². The van der Waals surface area contributed by atoms with Gasteiger partial charge in [0.25, 0.3) is 5.91 Å². The first kappa shape index (κ1) is 20.0. The summed E-state index contributed by atoms with van der Waals surface area (Å²) in [6.07, 6.45) is 5.61. The topological polar surface area (TPSA) is 90.1 Å². The van der Waals surface area contributed by atoms with Crippen LogP contribution in [0.15, 0.2) is 35.7 Å². The van der Waals surface area contributed by atoms with Crippen LogP contribution in [0.25, 0.3) is 21.5 Å². The molecule has 3 heterocycles. The smallest absolute Gasteiger partial charge is 0.269 e. The van der Waals surface area contributed by atoms with Gasteiger partial charge in [0.05, 0.1) is 18.5 Å². The van der Waals surface area contributed by atoms with Crippen LogP contribution in [0, 0.1) is 0 Å². The van der Waals surface area contributed by atoms with Crippen molar-refractivity contribution < 1.29 is 9.53 Å². The van der Waals surface area contributed by atoms with E-state index in [0.29, 0.717) is 15.7 Å². The average Bonchev–Trinajstić information content (AvgIpc) is 3.29. The lowest BCUT2D eigenvalue weighted by molar-refractivity contribution is 0.103. The number of pyridine rings is 1. The van der Waals surface area contributed by atoms with Crippen LogP contribution >= 0.6 is 22.7 Å². The van der Waals surface area contributed by atoms with Gasteiger partial charge in [0.1, 0.15) is 15.5 Å². The van der Waals surface area contributed by atoms with Crippen LogP contribution in [0.5, 0.6) is 5.75 Å². The van der Waals surface area contributed by atoms with Crippen molar-refractivity contribution >= 4 is 49.6 Å². The summed E-state index contributed by atoms with van der Waals surface area (Å²) in [7, 11) is 1.64. The van der Waals surface area contributed by atoms with Crippen LogP contribution in [0.2, 0.25) is 0 Å². The van der Waals surface area contributed by atoms with Crippen LogP contribution in [-0.2, 0) is 12.8 Å². The molecule has 0 aliphatic heterocycles. The largest absolute Gasteiger partial charge is 0.497 e. The fourth-order valence-electron chi connectivity index (χ4n) is 3.88. The Morgan fingerprint density at radius 3 is 2.74 bits per heavy atom. The minimum atomic E-state index is -0.244. The van der Waals surface area contributed by atoms with Crippen LogP contribution in [0.3, 0.4) is 0 Å². The quantitative estimate of drug-likeness (QED) is 0.399. The minimum absolute atomic E-state index is 0.244. The molecule has 1 aromatic carbocycles. The molecule has 31 heavy (non-hydrogen) atoms. The van der Waals surface area contributed by atoms with Gasteiger partial charge in [0.15, 0.2) is 5.13 Å². The molecule has 0 unspecified atom stereocenters. The number of rotatable bonds is 4. The maximum absolute atomic E-state index is 13.0. The molecule has 4 aromatic rings. The molecule has 0 radical (unpaired) electrons. The number of anilines is 2. The van der Waals surface area contributed by atoms with Crippen molar-refractivity contribution in [2.75, 3.05) is 18.2 Å². The Kier molecular flexibility index (Phi) is 5.33. The summed E-state index contributed by atoms with van der Waals surface area (Å²) in [5.74, 6) is 0.546. The van der Waals surface area contributed by atoms with Gasteiger partial charge in [-0.1, -0.05) is 6.42 Å². The molecule has 3 N–H and O–H groups in total. The lowest BCUT2D eigenvalue weighted by atomic mass is 10.1. The first-order valence-corrected chi connectivity index (χ1v) is 11.9. The number of carbonyl (C=O) groups excluding carboxylic acids is 1. The fourth-order valence-corrected chi connectivity index (χ4v) is 5.59. The Labute approximate surface area is 188 Å². The maximum atomic E-state index is 13.0. The number of hydrogen-bond acceptors (Lipinski definition) is 7. The number of fused-ring (bicyclic) bond motifs is 2. The number of nitrogens with one attached hydrogen (secondary N) is 1. The molecule has 0 saturated heterocycles. The number of methoxy groups -OCH3 is 1. The highest BCUT2D eigenvalue weighted by atomic mass is 32.1. The monoisotopic (exact) mass is 450 g/mol. The van der Waals surface area contributed by atoms with Gasteiger partial charge in [0, 0.05) is 22.0 Å². The van der Waals surface area contributed by atoms with Gasteiger partial charge in [-0.05, 0) is 61.6 Å². The molecule has 0 bridgehead atoms. The number of amides is 1. The molecule has 1 amide bonds. The maximum Gasteiger partial charge on any atom is 0.269 e. The summed E-state index contributed by atoms with van der Waals surface area (Å²) in [5.41, 5.74) is 11.1. The molecular weight excluding hydrogens is 428 g/mol. The number of nitrogens with zero attached hydrogens (tertiary/aromatic N) is 2. The summed E-state index contributed by atoms with van der Waals surface area (Å²) >= 11 is 2.74. The van der Waals surface area contributed by atoms with Crippen LogP contribution < -0.4 is 15.8 Å². The summed E-state index contributed by atoms with van der Waals surface area (Å²) in [6, 6.07) is 9.80. The number of hydrogen-bond donors (Lipinski definition) is 2. The molecule has 3 aromatic heterocycles. The number of thiophene rings is 1. The summed E-state index contributed by atoms with van der Waals surface area (Å²) in [4.78, 5) is 23.7. The normalized spacial score (nSPS) is 13.6. The lowest BCUT2D eigenvalue weighted by Gasteiger charge is -2.04. The third-order valence-electron chi connectivity index (χ3n) is 5.57. The highest BCUT2D eigenvalue weighted by Crippen LogP contribution is 2.36. The van der Waals surface area contributed by atoms with E-state index in [1.165, 1.54) is 47.5 Å². The van der Waals surface area contributed by atoms with Gasteiger partial charge in [-0.15, -0.1) is 22.7 Å². The van der Waals surface area contributed by atoms with Crippen molar-refractivity contribution in [2.24, 2.45) is 0 Å². The Hall–Kier alpha value is -2.97. The Morgan fingerprint density at radius 2 is 1.94 bits per heavy atom. The second-order valence-electron chi connectivity index (χ2n) is 7.57. The third-order valence-corrected chi connectivity index (χ3v) is 7.44. The Morgan fingerprint density at radius 1 is 1.13 bits per heavy atom. The number of aryl methyl sites for hydroxylation is 2. The highest BCUT2D eigenvalue weighted by Gasteiger charge is 2.21. The zero-order chi connectivity index (χ0) is 21.4. The van der Waals surface area contributed by atoms with E-state index >= 15 is 0 Å². The number of nitrogens with two attached hydrogens (primary N) is 1.